The number of hydrogen-bond acceptors (Lipinski definition) is 3. The maximum Gasteiger partial charge on any atom is 0.401 e. The molecule has 1 rings (SSSR count). The van der Waals surface area contributed by atoms with Crippen LogP contribution in [0.15, 0.2) is 0 Å². The van der Waals surface area contributed by atoms with Crippen molar-refractivity contribution in [3.63, 3.8) is 0 Å². The van der Waals surface area contributed by atoms with Crippen LogP contribution in [0.5, 0.6) is 0 Å². The van der Waals surface area contributed by atoms with E-state index in [4.69, 9.17) is 5.73 Å². The number of amides is 1. The third kappa shape index (κ3) is 3.35. The molecule has 1 aliphatic rings. The fourth-order valence-corrected chi connectivity index (χ4v) is 1.71. The number of aliphatic hydroxyl groups is 1. The van der Waals surface area contributed by atoms with Gasteiger partial charge in [-0.2, -0.15) is 13.2 Å². The second-order valence-corrected chi connectivity index (χ2v) is 3.83. The number of rotatable bonds is 2. The minimum absolute atomic E-state index is 0.122. The lowest BCUT2D eigenvalue weighted by Crippen LogP contribution is -2.57. The van der Waals surface area contributed by atoms with Gasteiger partial charge in [0.05, 0.1) is 6.54 Å². The quantitative estimate of drug-likeness (QED) is 0.688. The summed E-state index contributed by atoms with van der Waals surface area (Å²) in [5, 5.41) is 9.63. The van der Waals surface area contributed by atoms with Crippen molar-refractivity contribution in [2.45, 2.75) is 24.6 Å². The van der Waals surface area contributed by atoms with Gasteiger partial charge in [0, 0.05) is 6.54 Å². The van der Waals surface area contributed by atoms with E-state index in [0.29, 0.717) is 6.42 Å². The maximum absolute atomic E-state index is 12.1. The van der Waals surface area contributed by atoms with Crippen LogP contribution in [-0.4, -0.2) is 47.3 Å². The number of β-amino-alcohol motifs (C(OH)–C–C–N with tert-alkyl or cyclic N) is 1. The summed E-state index contributed by atoms with van der Waals surface area (Å²) in [6.07, 6.45) is -3.87. The first kappa shape index (κ1) is 12.3. The van der Waals surface area contributed by atoms with E-state index >= 15 is 0 Å². The summed E-state index contributed by atoms with van der Waals surface area (Å²) in [5.74, 6) is -0.964. The van der Waals surface area contributed by atoms with Gasteiger partial charge in [0.2, 0.25) is 0 Å². The lowest BCUT2D eigenvalue weighted by atomic mass is 9.92. The Morgan fingerprint density at radius 2 is 2.13 bits per heavy atom. The van der Waals surface area contributed by atoms with Crippen molar-refractivity contribution in [3.05, 3.63) is 0 Å². The largest absolute Gasteiger partial charge is 0.401 e. The van der Waals surface area contributed by atoms with E-state index in [1.807, 2.05) is 0 Å². The van der Waals surface area contributed by atoms with Crippen molar-refractivity contribution in [1.82, 2.24) is 4.90 Å². The van der Waals surface area contributed by atoms with Gasteiger partial charge in [-0.15, -0.1) is 0 Å². The number of alkyl halides is 3. The number of likely N-dealkylation sites (tertiary alicyclic amines) is 1. The van der Waals surface area contributed by atoms with Gasteiger partial charge in [-0.05, 0) is 19.4 Å². The first-order chi connectivity index (χ1) is 6.73. The molecular weight excluding hydrogens is 213 g/mol. The zero-order valence-electron chi connectivity index (χ0n) is 8.05. The lowest BCUT2D eigenvalue weighted by molar-refractivity contribution is -0.164. The number of carbonyl (C=O) groups excluding carboxylic acids is 1. The van der Waals surface area contributed by atoms with Crippen molar-refractivity contribution >= 4 is 5.91 Å². The molecule has 7 heteroatoms. The smallest absolute Gasteiger partial charge is 0.379 e. The topological polar surface area (TPSA) is 66.6 Å². The molecule has 0 radical (unpaired) electrons. The van der Waals surface area contributed by atoms with Crippen LogP contribution in [0.3, 0.4) is 0 Å². The van der Waals surface area contributed by atoms with Gasteiger partial charge in [0.25, 0.3) is 5.91 Å². The standard InChI is InChI=1S/C8H13F3N2O2/c9-8(10,11)5-13-3-1-2-7(15,4-13)6(12)14/h15H,1-5H2,(H2,12,14)/t7-/m0/s1. The predicted molar refractivity (Wildman–Crippen MR) is 45.9 cm³/mol. The summed E-state index contributed by atoms with van der Waals surface area (Å²) in [6.45, 7) is -1.25. The monoisotopic (exact) mass is 226 g/mol. The molecule has 15 heavy (non-hydrogen) atoms. The highest BCUT2D eigenvalue weighted by Gasteiger charge is 2.41. The lowest BCUT2D eigenvalue weighted by Gasteiger charge is -2.37. The SMILES string of the molecule is NC(=O)[C@]1(O)CCCN(CC(F)(F)F)C1. The van der Waals surface area contributed by atoms with E-state index < -0.39 is 24.2 Å². The second kappa shape index (κ2) is 3.97. The van der Waals surface area contributed by atoms with Crippen LogP contribution in [0.1, 0.15) is 12.8 Å². The Labute approximate surface area is 84.8 Å². The number of hydrogen-bond donors (Lipinski definition) is 2. The van der Waals surface area contributed by atoms with Crippen molar-refractivity contribution < 1.29 is 23.1 Å². The van der Waals surface area contributed by atoms with Gasteiger partial charge in [0.15, 0.2) is 5.60 Å². The maximum atomic E-state index is 12.1. The number of nitrogens with two attached hydrogens (primary N) is 1. The summed E-state index contributed by atoms with van der Waals surface area (Å²) in [7, 11) is 0. The molecule has 88 valence electrons. The Balaban J connectivity index is 2.60. The third-order valence-electron chi connectivity index (χ3n) is 2.41. The summed E-state index contributed by atoms with van der Waals surface area (Å²) >= 11 is 0. The molecule has 0 aromatic heterocycles. The zero-order valence-corrected chi connectivity index (χ0v) is 8.05. The molecule has 0 aliphatic carbocycles. The van der Waals surface area contributed by atoms with Gasteiger partial charge >= 0.3 is 6.18 Å². The molecule has 0 aromatic carbocycles. The van der Waals surface area contributed by atoms with Crippen molar-refractivity contribution in [3.8, 4) is 0 Å². The molecule has 0 unspecified atom stereocenters. The number of nitrogens with zero attached hydrogens (tertiary/aromatic N) is 1. The molecule has 0 saturated carbocycles. The number of primary amides is 1. The van der Waals surface area contributed by atoms with E-state index in [2.05, 4.69) is 0 Å². The minimum Gasteiger partial charge on any atom is -0.379 e. The van der Waals surface area contributed by atoms with Crippen LogP contribution in [0.2, 0.25) is 0 Å². The Morgan fingerprint density at radius 1 is 1.53 bits per heavy atom. The second-order valence-electron chi connectivity index (χ2n) is 3.83. The number of carbonyl (C=O) groups is 1. The van der Waals surface area contributed by atoms with Crippen LogP contribution >= 0.6 is 0 Å². The average molecular weight is 226 g/mol. The molecule has 1 aliphatic heterocycles. The molecule has 1 amide bonds. The van der Waals surface area contributed by atoms with Gasteiger partial charge in [-0.1, -0.05) is 0 Å². The summed E-state index contributed by atoms with van der Waals surface area (Å²) < 4.78 is 36.2. The Kier molecular flexibility index (Phi) is 3.25. The minimum atomic E-state index is -4.32. The highest BCUT2D eigenvalue weighted by atomic mass is 19.4. The summed E-state index contributed by atoms with van der Waals surface area (Å²) in [4.78, 5) is 11.8. The summed E-state index contributed by atoms with van der Waals surface area (Å²) in [5.41, 5.74) is 3.11. The molecule has 4 nitrogen and oxygen atoms in total. The Morgan fingerprint density at radius 3 is 2.60 bits per heavy atom. The van der Waals surface area contributed by atoms with Crippen LogP contribution in [0.4, 0.5) is 13.2 Å². The zero-order chi connectivity index (χ0) is 11.7. The molecule has 0 aromatic rings. The first-order valence-electron chi connectivity index (χ1n) is 4.54. The third-order valence-corrected chi connectivity index (χ3v) is 2.41. The van der Waals surface area contributed by atoms with Crippen molar-refractivity contribution in [1.29, 1.82) is 0 Å². The van der Waals surface area contributed by atoms with Crippen LogP contribution in [0, 0.1) is 0 Å². The molecule has 1 fully saturated rings. The van der Waals surface area contributed by atoms with Crippen LogP contribution in [0.25, 0.3) is 0 Å². The molecule has 0 bridgehead atoms. The average Bonchev–Trinajstić information content (AvgIpc) is 2.00. The fourth-order valence-electron chi connectivity index (χ4n) is 1.71. The Hall–Kier alpha value is -0.820. The fraction of sp³-hybridized carbons (Fsp3) is 0.875. The predicted octanol–water partition coefficient (Wildman–Crippen LogP) is -0.139. The van der Waals surface area contributed by atoms with E-state index in [1.54, 1.807) is 0 Å². The van der Waals surface area contributed by atoms with Crippen LogP contribution in [-0.2, 0) is 4.79 Å². The molecular formula is C8H13F3N2O2. The molecule has 1 saturated heterocycles. The van der Waals surface area contributed by atoms with Crippen LogP contribution < -0.4 is 5.73 Å². The molecule has 0 spiro atoms. The van der Waals surface area contributed by atoms with E-state index in [-0.39, 0.29) is 19.5 Å². The molecule has 1 heterocycles. The van der Waals surface area contributed by atoms with Gasteiger partial charge in [-0.3, -0.25) is 9.69 Å². The highest BCUT2D eigenvalue weighted by Crippen LogP contribution is 2.24. The molecule has 1 atom stereocenters. The normalized spacial score (nSPS) is 29.1. The van der Waals surface area contributed by atoms with E-state index in [9.17, 15) is 23.1 Å². The van der Waals surface area contributed by atoms with E-state index in [1.165, 1.54) is 0 Å². The van der Waals surface area contributed by atoms with Crippen molar-refractivity contribution in [2.24, 2.45) is 5.73 Å². The van der Waals surface area contributed by atoms with Gasteiger partial charge < -0.3 is 10.8 Å². The summed E-state index contributed by atoms with van der Waals surface area (Å²) in [6, 6.07) is 0. The van der Waals surface area contributed by atoms with Gasteiger partial charge in [0.1, 0.15) is 0 Å². The van der Waals surface area contributed by atoms with Gasteiger partial charge in [-0.25, -0.2) is 0 Å². The van der Waals surface area contributed by atoms with E-state index in [0.717, 1.165) is 4.90 Å². The first-order valence-corrected chi connectivity index (χ1v) is 4.54. The van der Waals surface area contributed by atoms with Crippen molar-refractivity contribution in [2.75, 3.05) is 19.6 Å². The Bertz CT molecular complexity index is 257. The number of piperidine rings is 1. The molecule has 3 N–H and O–H groups in total. The highest BCUT2D eigenvalue weighted by molar-refractivity contribution is 5.83. The number of halogens is 3.